The molecule has 0 aromatic rings. The zero-order chi connectivity index (χ0) is 11.7. The maximum Gasteiger partial charge on any atom is 0.320 e. The topological polar surface area (TPSA) is 69.6 Å². The number of rotatable bonds is 9. The highest BCUT2D eigenvalue weighted by atomic mass is 16.4. The number of aliphatic carboxylic acids is 1. The van der Waals surface area contributed by atoms with E-state index in [9.17, 15) is 4.79 Å². The molecule has 4 nitrogen and oxygen atoms in total. The van der Waals surface area contributed by atoms with Gasteiger partial charge in [0.05, 0.1) is 0 Å². The molecule has 2 atom stereocenters. The van der Waals surface area contributed by atoms with E-state index < -0.39 is 12.0 Å². The molecular formula is C11H23NO3. The summed E-state index contributed by atoms with van der Waals surface area (Å²) in [5.74, 6) is -0.413. The van der Waals surface area contributed by atoms with Crippen molar-refractivity contribution in [3.05, 3.63) is 0 Å². The fourth-order valence-electron chi connectivity index (χ4n) is 1.54. The van der Waals surface area contributed by atoms with Crippen molar-refractivity contribution in [2.24, 2.45) is 5.92 Å². The second-order valence-electron chi connectivity index (χ2n) is 3.87. The average molecular weight is 217 g/mol. The monoisotopic (exact) mass is 217 g/mol. The lowest BCUT2D eigenvalue weighted by Crippen LogP contribution is -2.39. The minimum absolute atomic E-state index is 0.172. The first-order chi connectivity index (χ1) is 7.15. The second-order valence-corrected chi connectivity index (χ2v) is 3.87. The number of aliphatic hydroxyl groups is 1. The molecule has 0 fully saturated rings. The molecule has 0 aliphatic heterocycles. The zero-order valence-electron chi connectivity index (χ0n) is 9.70. The molecule has 0 spiro atoms. The number of carbonyl (C=O) groups is 1. The van der Waals surface area contributed by atoms with Crippen LogP contribution in [0.15, 0.2) is 0 Å². The summed E-state index contributed by atoms with van der Waals surface area (Å²) in [6.45, 7) is 4.87. The van der Waals surface area contributed by atoms with Crippen molar-refractivity contribution in [1.82, 2.24) is 5.32 Å². The fraction of sp³-hybridized carbons (Fsp3) is 0.909. The summed E-state index contributed by atoms with van der Waals surface area (Å²) in [6.07, 6.45) is 3.22. The summed E-state index contributed by atoms with van der Waals surface area (Å²) in [4.78, 5) is 10.8. The zero-order valence-corrected chi connectivity index (χ0v) is 9.70. The van der Waals surface area contributed by atoms with Crippen LogP contribution in [0.2, 0.25) is 0 Å². The Bertz CT molecular complexity index is 173. The number of nitrogens with one attached hydrogen (secondary N) is 1. The van der Waals surface area contributed by atoms with Crippen molar-refractivity contribution in [2.45, 2.75) is 45.6 Å². The van der Waals surface area contributed by atoms with Gasteiger partial charge in [0.2, 0.25) is 0 Å². The highest BCUT2D eigenvalue weighted by Gasteiger charge is 2.16. The molecular weight excluding hydrogens is 194 g/mol. The summed E-state index contributed by atoms with van der Waals surface area (Å²) >= 11 is 0. The summed E-state index contributed by atoms with van der Waals surface area (Å²) in [7, 11) is 0. The van der Waals surface area contributed by atoms with Crippen LogP contribution in [0.4, 0.5) is 0 Å². The SMILES string of the molecule is CCCC(NCC(CC)CCO)C(=O)O. The fourth-order valence-corrected chi connectivity index (χ4v) is 1.54. The van der Waals surface area contributed by atoms with Gasteiger partial charge >= 0.3 is 5.97 Å². The molecule has 0 saturated heterocycles. The van der Waals surface area contributed by atoms with Gasteiger partial charge in [-0.2, -0.15) is 0 Å². The first kappa shape index (κ1) is 14.4. The van der Waals surface area contributed by atoms with Crippen molar-refractivity contribution in [3.8, 4) is 0 Å². The van der Waals surface area contributed by atoms with Gasteiger partial charge in [-0.15, -0.1) is 0 Å². The van der Waals surface area contributed by atoms with Gasteiger partial charge in [-0.25, -0.2) is 0 Å². The minimum atomic E-state index is -0.782. The average Bonchev–Trinajstić information content (AvgIpc) is 2.21. The Morgan fingerprint density at radius 1 is 1.33 bits per heavy atom. The van der Waals surface area contributed by atoms with E-state index >= 15 is 0 Å². The number of hydrogen-bond donors (Lipinski definition) is 3. The minimum Gasteiger partial charge on any atom is -0.480 e. The first-order valence-electron chi connectivity index (χ1n) is 5.72. The van der Waals surface area contributed by atoms with Crippen LogP contribution in [0.25, 0.3) is 0 Å². The lowest BCUT2D eigenvalue weighted by atomic mass is 10.0. The molecule has 3 N–H and O–H groups in total. The maximum atomic E-state index is 10.8. The van der Waals surface area contributed by atoms with Crippen LogP contribution < -0.4 is 5.32 Å². The van der Waals surface area contributed by atoms with E-state index in [0.717, 1.165) is 19.3 Å². The lowest BCUT2D eigenvalue weighted by Gasteiger charge is -2.18. The van der Waals surface area contributed by atoms with Crippen LogP contribution in [0.3, 0.4) is 0 Å². The van der Waals surface area contributed by atoms with Crippen LogP contribution in [-0.2, 0) is 4.79 Å². The Labute approximate surface area is 91.7 Å². The van der Waals surface area contributed by atoms with Crippen molar-refractivity contribution in [2.75, 3.05) is 13.2 Å². The van der Waals surface area contributed by atoms with Gasteiger partial charge in [0.1, 0.15) is 6.04 Å². The quantitative estimate of drug-likeness (QED) is 0.543. The Morgan fingerprint density at radius 3 is 2.40 bits per heavy atom. The standard InChI is InChI=1S/C11H23NO3/c1-3-5-10(11(14)15)12-8-9(4-2)6-7-13/h9-10,12-13H,3-8H2,1-2H3,(H,14,15). The van der Waals surface area contributed by atoms with Crippen molar-refractivity contribution >= 4 is 5.97 Å². The Kier molecular flexibility index (Phi) is 8.33. The van der Waals surface area contributed by atoms with Crippen molar-refractivity contribution in [1.29, 1.82) is 0 Å². The molecule has 0 rings (SSSR count). The number of hydrogen-bond acceptors (Lipinski definition) is 3. The molecule has 0 aliphatic carbocycles. The van der Waals surface area contributed by atoms with Gasteiger partial charge in [0.25, 0.3) is 0 Å². The Balaban J connectivity index is 3.90. The predicted molar refractivity (Wildman–Crippen MR) is 59.8 cm³/mol. The molecule has 0 radical (unpaired) electrons. The predicted octanol–water partition coefficient (Wildman–Crippen LogP) is 1.24. The van der Waals surface area contributed by atoms with Crippen LogP contribution in [-0.4, -0.2) is 35.4 Å². The molecule has 90 valence electrons. The van der Waals surface area contributed by atoms with Crippen molar-refractivity contribution < 1.29 is 15.0 Å². The van der Waals surface area contributed by atoms with Gasteiger partial charge in [-0.1, -0.05) is 26.7 Å². The molecule has 0 amide bonds. The second kappa shape index (κ2) is 8.68. The largest absolute Gasteiger partial charge is 0.480 e. The van der Waals surface area contributed by atoms with E-state index in [-0.39, 0.29) is 6.61 Å². The summed E-state index contributed by atoms with van der Waals surface area (Å²) in [5.41, 5.74) is 0. The molecule has 0 bridgehead atoms. The Hall–Kier alpha value is -0.610. The van der Waals surface area contributed by atoms with E-state index in [0.29, 0.717) is 18.9 Å². The lowest BCUT2D eigenvalue weighted by molar-refractivity contribution is -0.139. The van der Waals surface area contributed by atoms with Gasteiger partial charge in [0, 0.05) is 6.61 Å². The molecule has 15 heavy (non-hydrogen) atoms. The number of aliphatic hydroxyl groups excluding tert-OH is 1. The Morgan fingerprint density at radius 2 is 2.00 bits per heavy atom. The molecule has 0 aromatic carbocycles. The third kappa shape index (κ3) is 6.47. The van der Waals surface area contributed by atoms with Gasteiger partial charge in [-0.3, -0.25) is 4.79 Å². The number of carboxylic acid groups (broad SMARTS) is 1. The third-order valence-electron chi connectivity index (χ3n) is 2.64. The highest BCUT2D eigenvalue weighted by Crippen LogP contribution is 2.07. The molecule has 0 heterocycles. The first-order valence-corrected chi connectivity index (χ1v) is 5.72. The summed E-state index contributed by atoms with van der Waals surface area (Å²) in [6, 6.07) is -0.442. The van der Waals surface area contributed by atoms with Gasteiger partial charge in [0.15, 0.2) is 0 Å². The van der Waals surface area contributed by atoms with Gasteiger partial charge in [-0.05, 0) is 25.3 Å². The number of carboxylic acids is 1. The summed E-state index contributed by atoms with van der Waals surface area (Å²) in [5, 5.41) is 20.8. The highest BCUT2D eigenvalue weighted by molar-refractivity contribution is 5.73. The van der Waals surface area contributed by atoms with Crippen LogP contribution >= 0.6 is 0 Å². The van der Waals surface area contributed by atoms with E-state index in [1.54, 1.807) is 0 Å². The van der Waals surface area contributed by atoms with Crippen LogP contribution in [0, 0.1) is 5.92 Å². The smallest absolute Gasteiger partial charge is 0.320 e. The van der Waals surface area contributed by atoms with Gasteiger partial charge < -0.3 is 15.5 Å². The van der Waals surface area contributed by atoms with E-state index in [2.05, 4.69) is 12.2 Å². The van der Waals surface area contributed by atoms with Crippen LogP contribution in [0.1, 0.15) is 39.5 Å². The normalized spacial score (nSPS) is 14.9. The maximum absolute atomic E-state index is 10.8. The van der Waals surface area contributed by atoms with E-state index in [4.69, 9.17) is 10.2 Å². The molecule has 2 unspecified atom stereocenters. The third-order valence-corrected chi connectivity index (χ3v) is 2.64. The molecule has 0 aliphatic rings. The molecule has 0 aromatic heterocycles. The summed E-state index contributed by atoms with van der Waals surface area (Å²) < 4.78 is 0. The van der Waals surface area contributed by atoms with E-state index in [1.165, 1.54) is 0 Å². The van der Waals surface area contributed by atoms with E-state index in [1.807, 2.05) is 6.92 Å². The van der Waals surface area contributed by atoms with Crippen molar-refractivity contribution in [3.63, 3.8) is 0 Å². The molecule has 0 saturated carbocycles. The molecule has 4 heteroatoms. The van der Waals surface area contributed by atoms with Crippen LogP contribution in [0.5, 0.6) is 0 Å².